The maximum Gasteiger partial charge on any atom is 0.294 e. The predicted molar refractivity (Wildman–Crippen MR) is 88.3 cm³/mol. The van der Waals surface area contributed by atoms with Crippen LogP contribution in [0.2, 0.25) is 0 Å². The van der Waals surface area contributed by atoms with Gasteiger partial charge in [0.25, 0.3) is 5.91 Å². The molecule has 1 aliphatic rings. The number of amides is 2. The molecule has 3 rings (SSSR count). The fourth-order valence-corrected chi connectivity index (χ4v) is 2.73. The first-order valence-corrected chi connectivity index (χ1v) is 8.11. The van der Waals surface area contributed by atoms with Gasteiger partial charge < -0.3 is 0 Å². The summed E-state index contributed by atoms with van der Waals surface area (Å²) in [6.07, 6.45) is 0.774. The van der Waals surface area contributed by atoms with Crippen LogP contribution in [0.4, 0.5) is 0 Å². The van der Waals surface area contributed by atoms with Gasteiger partial charge in [-0.3, -0.25) is 14.6 Å². The van der Waals surface area contributed by atoms with Crippen LogP contribution in [-0.4, -0.2) is 49.9 Å². The SMILES string of the molecule is Cc1nn(-c2ccccc2)nc1C(=O)N1CCCN1C(=O)C(C)C. The summed E-state index contributed by atoms with van der Waals surface area (Å²) in [7, 11) is 0. The van der Waals surface area contributed by atoms with Crippen molar-refractivity contribution < 1.29 is 9.59 Å². The van der Waals surface area contributed by atoms with Gasteiger partial charge in [-0.25, -0.2) is 5.01 Å². The van der Waals surface area contributed by atoms with Crippen LogP contribution in [0.5, 0.6) is 0 Å². The smallest absolute Gasteiger partial charge is 0.273 e. The zero-order valence-electron chi connectivity index (χ0n) is 14.1. The minimum Gasteiger partial charge on any atom is -0.273 e. The Hall–Kier alpha value is -2.70. The number of hydrogen-bond donors (Lipinski definition) is 0. The molecule has 2 amide bonds. The second kappa shape index (κ2) is 6.43. The first-order valence-electron chi connectivity index (χ1n) is 8.11. The van der Waals surface area contributed by atoms with Gasteiger partial charge in [0.1, 0.15) is 0 Å². The van der Waals surface area contributed by atoms with Crippen LogP contribution < -0.4 is 0 Å². The molecule has 2 aromatic rings. The number of aryl methyl sites for hydroxylation is 1. The Bertz CT molecular complexity index is 754. The van der Waals surface area contributed by atoms with Gasteiger partial charge in [0.2, 0.25) is 5.91 Å². The molecule has 7 nitrogen and oxygen atoms in total. The third-order valence-corrected chi connectivity index (χ3v) is 3.99. The zero-order valence-corrected chi connectivity index (χ0v) is 14.1. The molecule has 2 heterocycles. The van der Waals surface area contributed by atoms with Crippen molar-refractivity contribution in [3.05, 3.63) is 41.7 Å². The monoisotopic (exact) mass is 327 g/mol. The molecule has 0 spiro atoms. The molecule has 1 aromatic carbocycles. The van der Waals surface area contributed by atoms with E-state index in [-0.39, 0.29) is 23.4 Å². The first-order chi connectivity index (χ1) is 11.5. The van der Waals surface area contributed by atoms with Crippen molar-refractivity contribution in [2.24, 2.45) is 5.92 Å². The summed E-state index contributed by atoms with van der Waals surface area (Å²) in [6.45, 7) is 6.51. The molecule has 0 radical (unpaired) electrons. The highest BCUT2D eigenvalue weighted by molar-refractivity contribution is 5.95. The number of carbonyl (C=O) groups excluding carboxylic acids is 2. The molecular formula is C17H21N5O2. The van der Waals surface area contributed by atoms with Crippen LogP contribution in [0.3, 0.4) is 0 Å². The minimum atomic E-state index is -0.277. The second-order valence-corrected chi connectivity index (χ2v) is 6.16. The number of rotatable bonds is 3. The molecule has 24 heavy (non-hydrogen) atoms. The molecule has 1 aliphatic heterocycles. The van der Waals surface area contributed by atoms with Gasteiger partial charge >= 0.3 is 0 Å². The Morgan fingerprint density at radius 2 is 1.71 bits per heavy atom. The van der Waals surface area contributed by atoms with Crippen molar-refractivity contribution in [3.8, 4) is 5.69 Å². The molecule has 1 fully saturated rings. The lowest BCUT2D eigenvalue weighted by molar-refractivity contribution is -0.143. The molecule has 7 heteroatoms. The van der Waals surface area contributed by atoms with E-state index in [1.54, 1.807) is 6.92 Å². The van der Waals surface area contributed by atoms with Crippen LogP contribution in [0.15, 0.2) is 30.3 Å². The number of para-hydroxylation sites is 1. The lowest BCUT2D eigenvalue weighted by atomic mass is 10.2. The third-order valence-electron chi connectivity index (χ3n) is 3.99. The standard InChI is InChI=1S/C17H21N5O2/c1-12(2)16(23)20-10-7-11-21(20)17(24)15-13(3)18-22(19-15)14-8-5-4-6-9-14/h4-6,8-9,12H,7,10-11H2,1-3H3. The lowest BCUT2D eigenvalue weighted by Crippen LogP contribution is -2.46. The molecule has 126 valence electrons. The van der Waals surface area contributed by atoms with E-state index in [0.717, 1.165) is 12.1 Å². The van der Waals surface area contributed by atoms with Crippen LogP contribution in [-0.2, 0) is 4.79 Å². The fraction of sp³-hybridized carbons (Fsp3) is 0.412. The molecule has 0 N–H and O–H groups in total. The van der Waals surface area contributed by atoms with E-state index >= 15 is 0 Å². The lowest BCUT2D eigenvalue weighted by Gasteiger charge is -2.28. The average molecular weight is 327 g/mol. The van der Waals surface area contributed by atoms with Gasteiger partial charge in [0.15, 0.2) is 5.69 Å². The van der Waals surface area contributed by atoms with Gasteiger partial charge in [0.05, 0.1) is 11.4 Å². The maximum absolute atomic E-state index is 12.9. The van der Waals surface area contributed by atoms with Crippen LogP contribution in [0.1, 0.15) is 36.5 Å². The molecule has 1 saturated heterocycles. The largest absolute Gasteiger partial charge is 0.294 e. The van der Waals surface area contributed by atoms with E-state index in [9.17, 15) is 9.59 Å². The Morgan fingerprint density at radius 1 is 1.04 bits per heavy atom. The highest BCUT2D eigenvalue weighted by Crippen LogP contribution is 2.18. The number of nitrogens with zero attached hydrogens (tertiary/aromatic N) is 5. The van der Waals surface area contributed by atoms with Crippen molar-refractivity contribution in [1.29, 1.82) is 0 Å². The predicted octanol–water partition coefficient (Wildman–Crippen LogP) is 1.82. The van der Waals surface area contributed by atoms with Gasteiger partial charge in [-0.2, -0.15) is 9.90 Å². The summed E-state index contributed by atoms with van der Waals surface area (Å²) in [4.78, 5) is 26.6. The van der Waals surface area contributed by atoms with E-state index in [1.165, 1.54) is 14.8 Å². The second-order valence-electron chi connectivity index (χ2n) is 6.16. The highest BCUT2D eigenvalue weighted by atomic mass is 16.2. The topological polar surface area (TPSA) is 71.3 Å². The van der Waals surface area contributed by atoms with Crippen molar-refractivity contribution in [2.45, 2.75) is 27.2 Å². The molecule has 0 saturated carbocycles. The highest BCUT2D eigenvalue weighted by Gasteiger charge is 2.34. The number of benzene rings is 1. The van der Waals surface area contributed by atoms with E-state index in [0.29, 0.717) is 18.8 Å². The number of carbonyl (C=O) groups is 2. The molecule has 0 atom stereocenters. The summed E-state index contributed by atoms with van der Waals surface area (Å²) in [6, 6.07) is 9.43. The Morgan fingerprint density at radius 3 is 2.38 bits per heavy atom. The Balaban J connectivity index is 1.88. The summed E-state index contributed by atoms with van der Waals surface area (Å²) in [5.74, 6) is -0.477. The summed E-state index contributed by atoms with van der Waals surface area (Å²) in [5.41, 5.74) is 1.62. The Kier molecular flexibility index (Phi) is 4.33. The van der Waals surface area contributed by atoms with Gasteiger partial charge in [-0.1, -0.05) is 32.0 Å². The van der Waals surface area contributed by atoms with E-state index in [4.69, 9.17) is 0 Å². The molecule has 1 aromatic heterocycles. The molecular weight excluding hydrogens is 306 g/mol. The maximum atomic E-state index is 12.9. The van der Waals surface area contributed by atoms with Crippen molar-refractivity contribution in [2.75, 3.05) is 13.1 Å². The van der Waals surface area contributed by atoms with E-state index in [2.05, 4.69) is 10.2 Å². The van der Waals surface area contributed by atoms with E-state index in [1.807, 2.05) is 44.2 Å². The van der Waals surface area contributed by atoms with Crippen molar-refractivity contribution >= 4 is 11.8 Å². The van der Waals surface area contributed by atoms with E-state index < -0.39 is 0 Å². The number of hydrogen-bond acceptors (Lipinski definition) is 4. The molecule has 0 aliphatic carbocycles. The number of hydrazine groups is 1. The summed E-state index contributed by atoms with van der Waals surface area (Å²) < 4.78 is 0. The van der Waals surface area contributed by atoms with Gasteiger partial charge in [-0.15, -0.1) is 5.10 Å². The normalized spacial score (nSPS) is 14.5. The van der Waals surface area contributed by atoms with Crippen LogP contribution in [0.25, 0.3) is 5.69 Å². The fourth-order valence-electron chi connectivity index (χ4n) is 2.73. The van der Waals surface area contributed by atoms with Gasteiger partial charge in [-0.05, 0) is 25.5 Å². The molecule has 0 unspecified atom stereocenters. The Labute approximate surface area is 140 Å². The average Bonchev–Trinajstić information content (AvgIpc) is 3.21. The molecule has 0 bridgehead atoms. The first kappa shape index (κ1) is 16.2. The third kappa shape index (κ3) is 2.89. The van der Waals surface area contributed by atoms with Gasteiger partial charge in [0, 0.05) is 19.0 Å². The minimum absolute atomic E-state index is 0.0473. The quantitative estimate of drug-likeness (QED) is 0.862. The zero-order chi connectivity index (χ0) is 17.3. The van der Waals surface area contributed by atoms with Crippen LogP contribution >= 0.6 is 0 Å². The number of aromatic nitrogens is 3. The van der Waals surface area contributed by atoms with Crippen molar-refractivity contribution in [1.82, 2.24) is 25.0 Å². The summed E-state index contributed by atoms with van der Waals surface area (Å²) in [5, 5.41) is 11.7. The van der Waals surface area contributed by atoms with Crippen molar-refractivity contribution in [3.63, 3.8) is 0 Å². The summed E-state index contributed by atoms with van der Waals surface area (Å²) >= 11 is 0. The van der Waals surface area contributed by atoms with Crippen LogP contribution in [0, 0.1) is 12.8 Å².